The molecule has 0 heterocycles. The molecule has 0 spiro atoms. The molecule has 4 aliphatic rings. The molecule has 1 aromatic rings. The minimum atomic E-state index is 0.127. The molecule has 0 N–H and O–H groups in total. The molecule has 0 aliphatic heterocycles. The Labute approximate surface area is 317 Å². The molecule has 2 heteroatoms. The van der Waals surface area contributed by atoms with Gasteiger partial charge in [-0.1, -0.05) is 141 Å². The lowest BCUT2D eigenvalue weighted by Gasteiger charge is -2.66. The summed E-state index contributed by atoms with van der Waals surface area (Å²) in [4.78, 5) is 5.06. The molecule has 3 fully saturated rings. The SMILES string of the molecule is C=CC(C)(C)CCCCC(C)C1CCC2(C)C3CCC4(C(CCCc5ccc(C)cc5)N=C)CC(=C)C(C(C)C)=C4C3CCC2C1(C)CC[B]C. The van der Waals surface area contributed by atoms with Crippen LogP contribution in [0.1, 0.15) is 149 Å². The summed E-state index contributed by atoms with van der Waals surface area (Å²) in [7, 11) is 2.46. The van der Waals surface area contributed by atoms with Crippen molar-refractivity contribution in [3.05, 3.63) is 71.3 Å². The Bertz CT molecular complexity index is 1400. The summed E-state index contributed by atoms with van der Waals surface area (Å²) in [6.07, 6.45) is 22.9. The minimum Gasteiger partial charge on any atom is -0.297 e. The van der Waals surface area contributed by atoms with E-state index in [1.54, 1.807) is 5.57 Å². The lowest BCUT2D eigenvalue weighted by atomic mass is 9.38. The molecule has 9 atom stereocenters. The van der Waals surface area contributed by atoms with E-state index in [1.165, 1.54) is 100 Å². The monoisotopic (exact) mass is 691 g/mol. The van der Waals surface area contributed by atoms with Crippen LogP contribution in [0.15, 0.2) is 65.2 Å². The van der Waals surface area contributed by atoms with Crippen molar-refractivity contribution in [1.82, 2.24) is 0 Å². The maximum Gasteiger partial charge on any atom is 0.105 e. The lowest BCUT2D eigenvalue weighted by molar-refractivity contribution is -0.151. The zero-order valence-corrected chi connectivity index (χ0v) is 34.9. The first kappa shape index (κ1) is 40.4. The van der Waals surface area contributed by atoms with Gasteiger partial charge in [-0.15, -0.1) is 6.58 Å². The molecule has 3 saturated carbocycles. The Hall–Kier alpha value is -1.83. The summed E-state index contributed by atoms with van der Waals surface area (Å²) < 4.78 is 0. The third-order valence-electron chi connectivity index (χ3n) is 16.0. The second kappa shape index (κ2) is 16.3. The normalized spacial score (nSPS) is 33.3. The van der Waals surface area contributed by atoms with E-state index >= 15 is 0 Å². The largest absolute Gasteiger partial charge is 0.297 e. The number of allylic oxidation sites excluding steroid dienone is 3. The molecular weight excluding hydrogens is 613 g/mol. The van der Waals surface area contributed by atoms with Gasteiger partial charge in [0, 0.05) is 5.41 Å². The van der Waals surface area contributed by atoms with E-state index in [0.29, 0.717) is 22.7 Å². The number of unbranched alkanes of at least 4 members (excludes halogenated alkanes) is 1. The Morgan fingerprint density at radius 1 is 0.980 bits per heavy atom. The first-order chi connectivity index (χ1) is 24.2. The quantitative estimate of drug-likeness (QED) is 0.0668. The van der Waals surface area contributed by atoms with Crippen molar-refractivity contribution in [2.75, 3.05) is 0 Å². The Morgan fingerprint density at radius 2 is 1.71 bits per heavy atom. The maximum atomic E-state index is 5.06. The zero-order chi connectivity index (χ0) is 37.2. The summed E-state index contributed by atoms with van der Waals surface area (Å²) in [5.74, 6) is 4.43. The molecule has 1 radical (unpaired) electrons. The number of benzene rings is 1. The van der Waals surface area contributed by atoms with Crippen LogP contribution in [-0.2, 0) is 6.42 Å². The molecule has 281 valence electrons. The summed E-state index contributed by atoms with van der Waals surface area (Å²) >= 11 is 0. The molecular formula is C49H77BN. The lowest BCUT2D eigenvalue weighted by Crippen LogP contribution is -2.59. The van der Waals surface area contributed by atoms with E-state index in [9.17, 15) is 0 Å². The molecule has 0 bridgehead atoms. The van der Waals surface area contributed by atoms with Crippen molar-refractivity contribution >= 4 is 14.0 Å². The second-order valence-electron chi connectivity index (χ2n) is 19.9. The summed E-state index contributed by atoms with van der Waals surface area (Å²) in [6.45, 7) is 35.5. The average molecular weight is 691 g/mol. The fourth-order valence-electron chi connectivity index (χ4n) is 13.3. The van der Waals surface area contributed by atoms with Gasteiger partial charge in [0.1, 0.15) is 7.28 Å². The van der Waals surface area contributed by atoms with Crippen molar-refractivity contribution in [2.45, 2.75) is 171 Å². The highest BCUT2D eigenvalue weighted by Gasteiger charge is 2.64. The third-order valence-corrected chi connectivity index (χ3v) is 16.0. The fourth-order valence-corrected chi connectivity index (χ4v) is 13.3. The van der Waals surface area contributed by atoms with Crippen LogP contribution in [0.2, 0.25) is 13.1 Å². The van der Waals surface area contributed by atoms with Gasteiger partial charge in [-0.2, -0.15) is 0 Å². The van der Waals surface area contributed by atoms with Crippen LogP contribution in [0.5, 0.6) is 0 Å². The number of aryl methyl sites for hydroxylation is 2. The van der Waals surface area contributed by atoms with Gasteiger partial charge in [-0.3, -0.25) is 4.99 Å². The van der Waals surface area contributed by atoms with Crippen LogP contribution >= 0.6 is 0 Å². The van der Waals surface area contributed by atoms with Crippen molar-refractivity contribution in [1.29, 1.82) is 0 Å². The standard InChI is InChI=1S/C49H77BN/c1-13-46(7,8)28-15-14-17-36(5)40-26-29-47(9)41-27-30-49(43(51-12)19-16-18-38-22-20-35(4)21-23-38)33-37(6)44(34(2)3)45(49)39(41)24-25-42(47)48(40,10)31-32-50-11/h13,20-23,34,36,39-43H,1,6,12,14-19,24-33H2,2-5,7-11H3. The van der Waals surface area contributed by atoms with Gasteiger partial charge in [0.15, 0.2) is 0 Å². The van der Waals surface area contributed by atoms with Gasteiger partial charge in [0.05, 0.1) is 6.04 Å². The third kappa shape index (κ3) is 7.88. The van der Waals surface area contributed by atoms with E-state index in [4.69, 9.17) is 11.6 Å². The van der Waals surface area contributed by atoms with E-state index in [1.807, 2.05) is 5.57 Å². The molecule has 5 rings (SSSR count). The summed E-state index contributed by atoms with van der Waals surface area (Å²) in [5, 5.41) is 0. The van der Waals surface area contributed by atoms with Crippen LogP contribution in [0.4, 0.5) is 0 Å². The number of nitrogens with zero attached hydrogens (tertiary/aromatic N) is 1. The number of fused-ring (bicyclic) bond motifs is 5. The predicted octanol–water partition coefficient (Wildman–Crippen LogP) is 14.1. The van der Waals surface area contributed by atoms with Crippen molar-refractivity contribution < 1.29 is 0 Å². The van der Waals surface area contributed by atoms with Gasteiger partial charge in [0.25, 0.3) is 0 Å². The van der Waals surface area contributed by atoms with Gasteiger partial charge in [-0.05, 0) is 147 Å². The number of aliphatic imine (C=N–C) groups is 1. The highest BCUT2D eigenvalue weighted by atomic mass is 14.8. The topological polar surface area (TPSA) is 12.4 Å². The molecule has 51 heavy (non-hydrogen) atoms. The highest BCUT2D eigenvalue weighted by molar-refractivity contribution is 6.33. The van der Waals surface area contributed by atoms with Gasteiger partial charge in [-0.25, -0.2) is 0 Å². The number of rotatable bonds is 17. The molecule has 1 aromatic carbocycles. The molecule has 0 amide bonds. The smallest absolute Gasteiger partial charge is 0.105 e. The van der Waals surface area contributed by atoms with Crippen LogP contribution in [-0.4, -0.2) is 20.0 Å². The molecule has 9 unspecified atom stereocenters. The molecule has 4 aliphatic carbocycles. The Kier molecular flexibility index (Phi) is 12.9. The van der Waals surface area contributed by atoms with Crippen LogP contribution < -0.4 is 0 Å². The van der Waals surface area contributed by atoms with Gasteiger partial charge in [0.2, 0.25) is 0 Å². The summed E-state index contributed by atoms with van der Waals surface area (Å²) in [5.41, 5.74) is 8.90. The van der Waals surface area contributed by atoms with Gasteiger partial charge >= 0.3 is 0 Å². The van der Waals surface area contributed by atoms with E-state index in [0.717, 1.165) is 42.9 Å². The van der Waals surface area contributed by atoms with E-state index in [-0.39, 0.29) is 16.9 Å². The first-order valence-corrected chi connectivity index (χ1v) is 21.5. The van der Waals surface area contributed by atoms with E-state index in [2.05, 4.69) is 113 Å². The van der Waals surface area contributed by atoms with Crippen molar-refractivity contribution in [3.63, 3.8) is 0 Å². The molecule has 1 nitrogen and oxygen atoms in total. The van der Waals surface area contributed by atoms with E-state index < -0.39 is 0 Å². The van der Waals surface area contributed by atoms with Crippen LogP contribution in [0.25, 0.3) is 0 Å². The molecule has 0 saturated heterocycles. The molecule has 0 aromatic heterocycles. The highest BCUT2D eigenvalue weighted by Crippen LogP contribution is 2.72. The van der Waals surface area contributed by atoms with Crippen LogP contribution in [0.3, 0.4) is 0 Å². The first-order valence-electron chi connectivity index (χ1n) is 21.5. The number of hydrogen-bond acceptors (Lipinski definition) is 1. The average Bonchev–Trinajstić information content (AvgIpc) is 3.41. The second-order valence-corrected chi connectivity index (χ2v) is 19.9. The van der Waals surface area contributed by atoms with Crippen molar-refractivity contribution in [2.24, 2.45) is 62.2 Å². The van der Waals surface area contributed by atoms with Gasteiger partial charge < -0.3 is 0 Å². The predicted molar refractivity (Wildman–Crippen MR) is 226 cm³/mol. The zero-order valence-electron chi connectivity index (χ0n) is 34.9. The van der Waals surface area contributed by atoms with Crippen molar-refractivity contribution in [3.8, 4) is 0 Å². The maximum absolute atomic E-state index is 5.06. The minimum absolute atomic E-state index is 0.127. The van der Waals surface area contributed by atoms with Crippen LogP contribution in [0, 0.1) is 64.1 Å². The summed E-state index contributed by atoms with van der Waals surface area (Å²) in [6, 6.07) is 9.45. The Balaban J connectivity index is 1.40. The fraction of sp³-hybridized carbons (Fsp3) is 0.735. The number of hydrogen-bond donors (Lipinski definition) is 0. The Morgan fingerprint density at radius 3 is 2.35 bits per heavy atom.